The summed E-state index contributed by atoms with van der Waals surface area (Å²) in [6, 6.07) is 9.61. The molecule has 25 heavy (non-hydrogen) atoms. The maximum atomic E-state index is 11.3. The predicted octanol–water partition coefficient (Wildman–Crippen LogP) is 1.76. The van der Waals surface area contributed by atoms with Crippen LogP contribution in [0.25, 0.3) is 5.70 Å². The lowest BCUT2D eigenvalue weighted by molar-refractivity contribution is -0.386. The Morgan fingerprint density at radius 3 is 2.48 bits per heavy atom. The van der Waals surface area contributed by atoms with Gasteiger partial charge >= 0.3 is 0 Å². The van der Waals surface area contributed by atoms with Crippen LogP contribution in [0.4, 0.5) is 5.69 Å². The van der Waals surface area contributed by atoms with Gasteiger partial charge in [-0.2, -0.15) is 0 Å². The lowest BCUT2D eigenvalue weighted by Crippen LogP contribution is -2.40. The van der Waals surface area contributed by atoms with E-state index in [1.54, 1.807) is 37.3 Å². The number of benzene rings is 2. The van der Waals surface area contributed by atoms with Crippen molar-refractivity contribution >= 4 is 11.4 Å². The average molecular weight is 343 g/mol. The number of hydrogen-bond acceptors (Lipinski definition) is 7. The highest BCUT2D eigenvalue weighted by Gasteiger charge is 2.29. The van der Waals surface area contributed by atoms with Gasteiger partial charge in [-0.15, -0.1) is 0 Å². The lowest BCUT2D eigenvalue weighted by atomic mass is 10.1. The molecule has 1 heterocycles. The Kier molecular flexibility index (Phi) is 4.28. The van der Waals surface area contributed by atoms with Crippen LogP contribution in [0.15, 0.2) is 41.4 Å². The van der Waals surface area contributed by atoms with E-state index in [0.717, 1.165) is 5.06 Å². The third-order valence-corrected chi connectivity index (χ3v) is 4.14. The van der Waals surface area contributed by atoms with E-state index >= 15 is 0 Å². The van der Waals surface area contributed by atoms with Gasteiger partial charge in [-0.25, -0.2) is 5.06 Å². The molecule has 0 saturated carbocycles. The standard InChI is InChI=1S/C17H17N3O5/c1-10-12-8-15(24-2)16(25-3)9-13(12)18-17(19(10)21)11-6-4-5-7-14(11)20(22)23/h4-9,17,21H,1-3H3. The molecule has 0 spiro atoms. The second-order valence-corrected chi connectivity index (χ2v) is 5.47. The third-order valence-electron chi connectivity index (χ3n) is 4.14. The normalized spacial score (nSPS) is 16.1. The minimum atomic E-state index is -0.924. The molecule has 2 aromatic rings. The van der Waals surface area contributed by atoms with Crippen molar-refractivity contribution in [1.29, 1.82) is 0 Å². The summed E-state index contributed by atoms with van der Waals surface area (Å²) in [5.41, 5.74) is 0.705. The van der Waals surface area contributed by atoms with Crippen molar-refractivity contribution < 1.29 is 19.6 Å². The molecule has 0 bridgehead atoms. The fourth-order valence-electron chi connectivity index (χ4n) is 2.83. The molecule has 1 unspecified atom stereocenters. The predicted molar refractivity (Wildman–Crippen MR) is 88.9 cm³/mol. The SMILES string of the molecule is COc1cc2c(cc1OC)=C(C)N(O)C(c1ccccc1[N+](=O)[O-])N=2. The number of hydrogen-bond donors (Lipinski definition) is 1. The molecular weight excluding hydrogens is 326 g/mol. The zero-order valence-corrected chi connectivity index (χ0v) is 14.0. The molecule has 8 nitrogen and oxygen atoms in total. The number of fused-ring (bicyclic) bond motifs is 1. The minimum Gasteiger partial charge on any atom is -0.493 e. The summed E-state index contributed by atoms with van der Waals surface area (Å²) in [5, 5.41) is 24.0. The first-order valence-electron chi connectivity index (χ1n) is 7.50. The van der Waals surface area contributed by atoms with E-state index in [-0.39, 0.29) is 5.69 Å². The number of ether oxygens (including phenoxy) is 2. The lowest BCUT2D eigenvalue weighted by Gasteiger charge is -2.28. The second kappa shape index (κ2) is 6.40. The zero-order valence-electron chi connectivity index (χ0n) is 14.0. The molecule has 1 atom stereocenters. The summed E-state index contributed by atoms with van der Waals surface area (Å²) in [6.45, 7) is 1.71. The number of methoxy groups -OCH3 is 2. The largest absolute Gasteiger partial charge is 0.493 e. The molecule has 1 aliphatic rings. The monoisotopic (exact) mass is 343 g/mol. The van der Waals surface area contributed by atoms with Crippen molar-refractivity contribution in [3.63, 3.8) is 0 Å². The van der Waals surface area contributed by atoms with Gasteiger partial charge in [-0.1, -0.05) is 12.1 Å². The van der Waals surface area contributed by atoms with Gasteiger partial charge in [0, 0.05) is 17.4 Å². The molecular formula is C17H17N3O5. The summed E-state index contributed by atoms with van der Waals surface area (Å²) < 4.78 is 10.6. The van der Waals surface area contributed by atoms with E-state index in [1.165, 1.54) is 20.3 Å². The number of hydroxylamine groups is 2. The third kappa shape index (κ3) is 2.76. The fraction of sp³-hybridized carbons (Fsp3) is 0.235. The van der Waals surface area contributed by atoms with Crippen LogP contribution in [-0.4, -0.2) is 29.4 Å². The minimum absolute atomic E-state index is 0.105. The van der Waals surface area contributed by atoms with Crippen molar-refractivity contribution in [3.05, 3.63) is 62.7 Å². The van der Waals surface area contributed by atoms with E-state index in [1.807, 2.05) is 0 Å². The van der Waals surface area contributed by atoms with Crippen LogP contribution in [0.2, 0.25) is 0 Å². The average Bonchev–Trinajstić information content (AvgIpc) is 2.63. The fourth-order valence-corrected chi connectivity index (χ4v) is 2.83. The van der Waals surface area contributed by atoms with E-state index in [9.17, 15) is 15.3 Å². The van der Waals surface area contributed by atoms with Crippen molar-refractivity contribution in [2.24, 2.45) is 4.99 Å². The maximum Gasteiger partial charge on any atom is 0.276 e. The van der Waals surface area contributed by atoms with Crippen LogP contribution >= 0.6 is 0 Å². The van der Waals surface area contributed by atoms with Crippen LogP contribution < -0.4 is 20.0 Å². The van der Waals surface area contributed by atoms with Gasteiger partial charge in [0.05, 0.1) is 35.8 Å². The van der Waals surface area contributed by atoms with Gasteiger partial charge in [-0.3, -0.25) is 20.3 Å². The van der Waals surface area contributed by atoms with Gasteiger partial charge in [0.2, 0.25) is 0 Å². The maximum absolute atomic E-state index is 11.3. The molecule has 3 rings (SSSR count). The van der Waals surface area contributed by atoms with Crippen LogP contribution in [0.1, 0.15) is 18.7 Å². The van der Waals surface area contributed by atoms with Crippen LogP contribution in [0.3, 0.4) is 0 Å². The zero-order chi connectivity index (χ0) is 18.1. The molecule has 0 aromatic heterocycles. The first kappa shape index (κ1) is 16.7. The molecule has 2 aromatic carbocycles. The van der Waals surface area contributed by atoms with Gasteiger partial charge in [0.1, 0.15) is 0 Å². The molecule has 1 N–H and O–H groups in total. The smallest absolute Gasteiger partial charge is 0.276 e. The van der Waals surface area contributed by atoms with Crippen molar-refractivity contribution in [3.8, 4) is 11.5 Å². The topological polar surface area (TPSA) is 97.4 Å². The van der Waals surface area contributed by atoms with Crippen molar-refractivity contribution in [2.75, 3.05) is 14.2 Å². The summed E-state index contributed by atoms with van der Waals surface area (Å²) in [4.78, 5) is 15.3. The Morgan fingerprint density at radius 2 is 1.84 bits per heavy atom. The number of nitro benzene ring substituents is 1. The number of nitrogens with zero attached hydrogens (tertiary/aromatic N) is 3. The Labute approximate surface area is 143 Å². The van der Waals surface area contributed by atoms with Gasteiger partial charge in [-0.05, 0) is 19.1 Å². The van der Waals surface area contributed by atoms with Crippen LogP contribution in [-0.2, 0) is 0 Å². The number of nitro groups is 1. The van der Waals surface area contributed by atoms with E-state index in [0.29, 0.717) is 33.3 Å². The Morgan fingerprint density at radius 1 is 1.20 bits per heavy atom. The van der Waals surface area contributed by atoms with Crippen molar-refractivity contribution in [2.45, 2.75) is 13.1 Å². The highest BCUT2D eigenvalue weighted by Crippen LogP contribution is 2.32. The summed E-state index contributed by atoms with van der Waals surface area (Å²) in [7, 11) is 3.04. The molecule has 0 amide bonds. The Hall–Kier alpha value is -3.13. The number of rotatable bonds is 4. The Balaban J connectivity index is 2.25. The molecule has 8 heteroatoms. The second-order valence-electron chi connectivity index (χ2n) is 5.47. The molecule has 0 saturated heterocycles. The molecule has 130 valence electrons. The first-order valence-corrected chi connectivity index (χ1v) is 7.50. The highest BCUT2D eigenvalue weighted by molar-refractivity contribution is 5.50. The van der Waals surface area contributed by atoms with Gasteiger partial charge in [0.15, 0.2) is 17.7 Å². The number of para-hydroxylation sites is 1. The molecule has 0 aliphatic carbocycles. The first-order chi connectivity index (χ1) is 12.0. The van der Waals surface area contributed by atoms with Crippen LogP contribution in [0.5, 0.6) is 11.5 Å². The Bertz CT molecular complexity index is 957. The van der Waals surface area contributed by atoms with Gasteiger partial charge in [0.25, 0.3) is 5.69 Å². The quantitative estimate of drug-likeness (QED) is 0.671. The molecule has 0 fully saturated rings. The van der Waals surface area contributed by atoms with E-state index in [2.05, 4.69) is 4.99 Å². The summed E-state index contributed by atoms with van der Waals surface area (Å²) in [5.74, 6) is 0.999. The van der Waals surface area contributed by atoms with Crippen molar-refractivity contribution in [1.82, 2.24) is 5.06 Å². The highest BCUT2D eigenvalue weighted by atomic mass is 16.6. The molecule has 1 aliphatic heterocycles. The van der Waals surface area contributed by atoms with Gasteiger partial charge < -0.3 is 9.47 Å². The van der Waals surface area contributed by atoms with E-state index < -0.39 is 11.1 Å². The van der Waals surface area contributed by atoms with E-state index in [4.69, 9.17) is 9.47 Å². The summed E-state index contributed by atoms with van der Waals surface area (Å²) in [6.07, 6.45) is -0.924. The summed E-state index contributed by atoms with van der Waals surface area (Å²) >= 11 is 0. The molecule has 0 radical (unpaired) electrons. The van der Waals surface area contributed by atoms with Crippen LogP contribution in [0, 0.1) is 10.1 Å².